The molecular weight excluding hydrogens is 433 g/mol. The molecule has 3 heterocycles. The van der Waals surface area contributed by atoms with E-state index in [1.165, 1.54) is 6.20 Å². The molecule has 1 aromatic carbocycles. The van der Waals surface area contributed by atoms with Crippen LogP contribution in [0.2, 0.25) is 5.02 Å². The zero-order valence-corrected chi connectivity index (χ0v) is 17.7. The van der Waals surface area contributed by atoms with E-state index in [1.807, 2.05) is 0 Å². The Hall–Kier alpha value is -2.36. The van der Waals surface area contributed by atoms with E-state index in [1.54, 1.807) is 38.1 Å². The Labute approximate surface area is 181 Å². The summed E-state index contributed by atoms with van der Waals surface area (Å²) in [7, 11) is 0. The standard InChI is InChI=1S/C21H22ClF3N4O2/c1-19(2,15-8-13(22)7-12-4-6-31-18(12)15)11-20(30,21(23,24)25)26-10-14-9-17-16(28-14)3-5-27-29-17/h3,5,7-9,26,28,30H,4,6,10-11H2,1-2H3. The van der Waals surface area contributed by atoms with Gasteiger partial charge in [0.1, 0.15) is 11.3 Å². The van der Waals surface area contributed by atoms with Crippen LogP contribution in [-0.4, -0.2) is 38.8 Å². The Morgan fingerprint density at radius 2 is 2.03 bits per heavy atom. The quantitative estimate of drug-likeness (QED) is 0.485. The molecule has 0 spiro atoms. The van der Waals surface area contributed by atoms with Crippen molar-refractivity contribution < 1.29 is 23.0 Å². The van der Waals surface area contributed by atoms with Crippen molar-refractivity contribution in [2.24, 2.45) is 0 Å². The third kappa shape index (κ3) is 4.22. The van der Waals surface area contributed by atoms with Gasteiger partial charge in [0, 0.05) is 35.7 Å². The maximum atomic E-state index is 14.0. The van der Waals surface area contributed by atoms with Gasteiger partial charge in [-0.3, -0.25) is 5.32 Å². The number of hydrogen-bond donors (Lipinski definition) is 3. The van der Waals surface area contributed by atoms with Gasteiger partial charge in [-0.15, -0.1) is 5.10 Å². The highest BCUT2D eigenvalue weighted by atomic mass is 35.5. The minimum Gasteiger partial charge on any atom is -0.493 e. The number of aromatic nitrogens is 3. The predicted octanol–water partition coefficient (Wildman–Crippen LogP) is 4.25. The summed E-state index contributed by atoms with van der Waals surface area (Å²) >= 11 is 6.20. The van der Waals surface area contributed by atoms with Crippen LogP contribution in [0.3, 0.4) is 0 Å². The number of nitrogens with one attached hydrogen (secondary N) is 2. The van der Waals surface area contributed by atoms with E-state index in [0.717, 1.165) is 5.56 Å². The molecule has 0 saturated carbocycles. The van der Waals surface area contributed by atoms with Crippen LogP contribution in [0.25, 0.3) is 11.0 Å². The van der Waals surface area contributed by atoms with E-state index in [0.29, 0.717) is 46.1 Å². The molecule has 0 amide bonds. The molecule has 6 nitrogen and oxygen atoms in total. The second-order valence-electron chi connectivity index (χ2n) is 8.44. The average Bonchev–Trinajstić information content (AvgIpc) is 3.30. The number of benzene rings is 1. The Balaban J connectivity index is 1.61. The number of ether oxygens (including phenoxy) is 1. The molecule has 1 aliphatic rings. The Morgan fingerprint density at radius 3 is 2.74 bits per heavy atom. The van der Waals surface area contributed by atoms with Gasteiger partial charge in [-0.25, -0.2) is 0 Å². The Bertz CT molecular complexity index is 1080. The molecule has 2 aromatic heterocycles. The fourth-order valence-corrected chi connectivity index (χ4v) is 4.28. The molecule has 10 heteroatoms. The van der Waals surface area contributed by atoms with E-state index in [2.05, 4.69) is 20.5 Å². The van der Waals surface area contributed by atoms with Crippen LogP contribution in [-0.2, 0) is 18.4 Å². The van der Waals surface area contributed by atoms with Gasteiger partial charge in [-0.2, -0.15) is 18.3 Å². The van der Waals surface area contributed by atoms with Crippen LogP contribution >= 0.6 is 11.6 Å². The Morgan fingerprint density at radius 1 is 1.26 bits per heavy atom. The van der Waals surface area contributed by atoms with Crippen molar-refractivity contribution in [1.29, 1.82) is 0 Å². The van der Waals surface area contributed by atoms with Crippen molar-refractivity contribution in [2.45, 2.75) is 50.6 Å². The van der Waals surface area contributed by atoms with Crippen molar-refractivity contribution >= 4 is 22.6 Å². The lowest BCUT2D eigenvalue weighted by Gasteiger charge is -2.38. The number of aliphatic hydroxyl groups is 1. The molecule has 0 fully saturated rings. The van der Waals surface area contributed by atoms with Crippen molar-refractivity contribution in [2.75, 3.05) is 6.61 Å². The zero-order valence-electron chi connectivity index (χ0n) is 17.0. The fourth-order valence-electron chi connectivity index (χ4n) is 4.04. The lowest BCUT2D eigenvalue weighted by Crippen LogP contribution is -2.59. The van der Waals surface area contributed by atoms with Crippen molar-refractivity contribution in [3.63, 3.8) is 0 Å². The van der Waals surface area contributed by atoms with Crippen LogP contribution < -0.4 is 10.1 Å². The molecule has 4 rings (SSSR count). The lowest BCUT2D eigenvalue weighted by atomic mass is 9.76. The number of alkyl halides is 3. The minimum absolute atomic E-state index is 0.243. The number of fused-ring (bicyclic) bond motifs is 2. The van der Waals surface area contributed by atoms with Gasteiger partial charge in [0.05, 0.1) is 18.3 Å². The van der Waals surface area contributed by atoms with Crippen LogP contribution in [0.5, 0.6) is 5.75 Å². The van der Waals surface area contributed by atoms with Crippen LogP contribution in [0.1, 0.15) is 37.1 Å². The fraction of sp³-hybridized carbons (Fsp3) is 0.429. The molecule has 0 radical (unpaired) electrons. The minimum atomic E-state index is -4.92. The number of nitrogens with zero attached hydrogens (tertiary/aromatic N) is 2. The van der Waals surface area contributed by atoms with E-state index in [4.69, 9.17) is 16.3 Å². The van der Waals surface area contributed by atoms with Crippen LogP contribution in [0.4, 0.5) is 13.2 Å². The maximum Gasteiger partial charge on any atom is 0.431 e. The molecule has 166 valence electrons. The van der Waals surface area contributed by atoms with Crippen molar-refractivity contribution in [3.8, 4) is 5.75 Å². The second-order valence-corrected chi connectivity index (χ2v) is 8.87. The highest BCUT2D eigenvalue weighted by Crippen LogP contribution is 2.45. The van der Waals surface area contributed by atoms with Gasteiger partial charge in [-0.05, 0) is 35.2 Å². The maximum absolute atomic E-state index is 14.0. The molecule has 1 atom stereocenters. The molecule has 31 heavy (non-hydrogen) atoms. The number of aromatic amines is 1. The third-order valence-electron chi connectivity index (χ3n) is 5.57. The monoisotopic (exact) mass is 454 g/mol. The van der Waals surface area contributed by atoms with Crippen LogP contribution in [0, 0.1) is 0 Å². The summed E-state index contributed by atoms with van der Waals surface area (Å²) in [5, 5.41) is 21.1. The van der Waals surface area contributed by atoms with E-state index < -0.39 is 23.7 Å². The number of H-pyrrole nitrogens is 1. The number of hydrogen-bond acceptors (Lipinski definition) is 5. The highest BCUT2D eigenvalue weighted by Gasteiger charge is 2.56. The molecular formula is C21H22ClF3N4O2. The first-order valence-electron chi connectivity index (χ1n) is 9.78. The molecule has 0 bridgehead atoms. The van der Waals surface area contributed by atoms with Gasteiger partial charge in [0.25, 0.3) is 0 Å². The summed E-state index contributed by atoms with van der Waals surface area (Å²) in [5.41, 5.74) is -1.22. The summed E-state index contributed by atoms with van der Waals surface area (Å²) in [4.78, 5) is 2.97. The first kappa shape index (κ1) is 21.9. The summed E-state index contributed by atoms with van der Waals surface area (Å²) in [6, 6.07) is 6.63. The van der Waals surface area contributed by atoms with Crippen molar-refractivity contribution in [3.05, 3.63) is 52.3 Å². The molecule has 3 N–H and O–H groups in total. The topological polar surface area (TPSA) is 83.1 Å². The summed E-state index contributed by atoms with van der Waals surface area (Å²) in [6.07, 6.45) is -3.43. The molecule has 3 aromatic rings. The van der Waals surface area contributed by atoms with Gasteiger partial charge < -0.3 is 14.8 Å². The zero-order chi connectivity index (χ0) is 22.4. The highest BCUT2D eigenvalue weighted by molar-refractivity contribution is 6.30. The average molecular weight is 455 g/mol. The molecule has 0 saturated heterocycles. The van der Waals surface area contributed by atoms with Crippen LogP contribution in [0.15, 0.2) is 30.5 Å². The number of rotatable bonds is 6. The Kier molecular flexibility index (Phi) is 5.39. The summed E-state index contributed by atoms with van der Waals surface area (Å²) in [5.74, 6) is 0.549. The van der Waals surface area contributed by atoms with E-state index in [9.17, 15) is 18.3 Å². The normalized spacial score (nSPS) is 16.2. The smallest absolute Gasteiger partial charge is 0.431 e. The van der Waals surface area contributed by atoms with E-state index >= 15 is 0 Å². The number of halogens is 4. The summed E-state index contributed by atoms with van der Waals surface area (Å²) in [6.45, 7) is 3.48. The third-order valence-corrected chi connectivity index (χ3v) is 5.79. The van der Waals surface area contributed by atoms with Gasteiger partial charge in [-0.1, -0.05) is 25.4 Å². The largest absolute Gasteiger partial charge is 0.493 e. The first-order chi connectivity index (χ1) is 14.5. The predicted molar refractivity (Wildman–Crippen MR) is 110 cm³/mol. The molecule has 1 aliphatic heterocycles. The van der Waals surface area contributed by atoms with E-state index in [-0.39, 0.29) is 6.54 Å². The van der Waals surface area contributed by atoms with Gasteiger partial charge >= 0.3 is 6.18 Å². The molecule has 0 aliphatic carbocycles. The molecule has 1 unspecified atom stereocenters. The summed E-state index contributed by atoms with van der Waals surface area (Å²) < 4.78 is 47.7. The first-order valence-corrected chi connectivity index (χ1v) is 10.2. The van der Waals surface area contributed by atoms with Crippen molar-refractivity contribution in [1.82, 2.24) is 20.5 Å². The SMILES string of the molecule is CC(C)(CC(O)(NCc1cc2nnccc2[nH]1)C(F)(F)F)c1cc(Cl)cc2c1OCC2. The van der Waals surface area contributed by atoms with Gasteiger partial charge in [0.15, 0.2) is 0 Å². The second kappa shape index (κ2) is 7.65. The lowest BCUT2D eigenvalue weighted by molar-refractivity contribution is -0.280. The van der Waals surface area contributed by atoms with Gasteiger partial charge in [0.2, 0.25) is 5.72 Å².